The monoisotopic (exact) mass is 395 g/mol. The molecule has 2 aliphatic rings. The van der Waals surface area contributed by atoms with Crippen molar-refractivity contribution in [2.24, 2.45) is 0 Å². The Bertz CT molecular complexity index is 1030. The van der Waals surface area contributed by atoms with E-state index in [1.165, 1.54) is 16.7 Å². The SMILES string of the molecule is CCn1c(-c2cn([C@@H]3COC[C@H]3O)nn2)nnc1N1CCc2c(C)cccc2C1. The molecule has 0 unspecified atom stereocenters. The zero-order chi connectivity index (χ0) is 20.0. The summed E-state index contributed by atoms with van der Waals surface area (Å²) in [5.74, 6) is 1.55. The van der Waals surface area contributed by atoms with Crippen molar-refractivity contribution < 1.29 is 9.84 Å². The molecule has 29 heavy (non-hydrogen) atoms. The van der Waals surface area contributed by atoms with Crippen LogP contribution in [-0.2, 0) is 24.2 Å². The second-order valence-electron chi connectivity index (χ2n) is 7.71. The van der Waals surface area contributed by atoms with Crippen molar-refractivity contribution in [1.29, 1.82) is 0 Å². The van der Waals surface area contributed by atoms with Crippen LogP contribution in [0.3, 0.4) is 0 Å². The second kappa shape index (κ2) is 7.23. The van der Waals surface area contributed by atoms with Crippen LogP contribution in [0.25, 0.3) is 11.5 Å². The molecule has 9 heteroatoms. The van der Waals surface area contributed by atoms with Crippen LogP contribution in [0, 0.1) is 6.92 Å². The molecule has 1 aromatic carbocycles. The molecule has 9 nitrogen and oxygen atoms in total. The Labute approximate surface area is 168 Å². The van der Waals surface area contributed by atoms with Crippen molar-refractivity contribution in [2.75, 3.05) is 24.7 Å². The third-order valence-electron chi connectivity index (χ3n) is 5.93. The number of benzene rings is 1. The normalized spacial score (nSPS) is 21.6. The van der Waals surface area contributed by atoms with Gasteiger partial charge in [-0.1, -0.05) is 23.4 Å². The van der Waals surface area contributed by atoms with Gasteiger partial charge in [0.2, 0.25) is 5.95 Å². The van der Waals surface area contributed by atoms with E-state index in [2.05, 4.69) is 62.0 Å². The number of anilines is 1. The number of aliphatic hydroxyl groups excluding tert-OH is 1. The summed E-state index contributed by atoms with van der Waals surface area (Å²) >= 11 is 0. The maximum absolute atomic E-state index is 10.0. The number of hydrogen-bond acceptors (Lipinski definition) is 7. The van der Waals surface area contributed by atoms with E-state index in [9.17, 15) is 5.11 Å². The first kappa shape index (κ1) is 18.3. The standard InChI is InChI=1S/C20H25N7O2/c1-3-26-19(16-10-27(24-21-16)17-11-29-12-18(17)28)22-23-20(26)25-8-7-15-13(2)5-4-6-14(15)9-25/h4-6,10,17-18,28H,3,7-9,11-12H2,1-2H3/t17-,18-/m1/s1. The van der Waals surface area contributed by atoms with Crippen LogP contribution in [0.1, 0.15) is 29.7 Å². The first-order valence-corrected chi connectivity index (χ1v) is 10.1. The van der Waals surface area contributed by atoms with Crippen LogP contribution < -0.4 is 4.90 Å². The summed E-state index contributed by atoms with van der Waals surface area (Å²) < 4.78 is 9.07. The van der Waals surface area contributed by atoms with E-state index in [1.54, 1.807) is 4.68 Å². The first-order chi connectivity index (χ1) is 14.2. The lowest BCUT2D eigenvalue weighted by atomic mass is 9.95. The lowest BCUT2D eigenvalue weighted by Gasteiger charge is -2.30. The number of fused-ring (bicyclic) bond motifs is 1. The first-order valence-electron chi connectivity index (χ1n) is 10.1. The Kier molecular flexibility index (Phi) is 4.56. The molecule has 2 aromatic heterocycles. The van der Waals surface area contributed by atoms with Gasteiger partial charge < -0.3 is 14.7 Å². The minimum Gasteiger partial charge on any atom is -0.388 e. The van der Waals surface area contributed by atoms with E-state index in [0.29, 0.717) is 24.7 Å². The van der Waals surface area contributed by atoms with Crippen molar-refractivity contribution in [3.05, 3.63) is 41.1 Å². The molecule has 4 heterocycles. The Morgan fingerprint density at radius 3 is 2.90 bits per heavy atom. The molecule has 0 radical (unpaired) electrons. The van der Waals surface area contributed by atoms with E-state index in [1.807, 2.05) is 6.20 Å². The van der Waals surface area contributed by atoms with E-state index in [4.69, 9.17) is 4.74 Å². The van der Waals surface area contributed by atoms with Crippen molar-refractivity contribution in [3.8, 4) is 11.5 Å². The van der Waals surface area contributed by atoms with Gasteiger partial charge in [-0.3, -0.25) is 4.57 Å². The molecule has 1 saturated heterocycles. The Hall–Kier alpha value is -2.78. The molecule has 0 saturated carbocycles. The van der Waals surface area contributed by atoms with Crippen LogP contribution in [-0.4, -0.2) is 60.7 Å². The third kappa shape index (κ3) is 3.10. The molecule has 5 rings (SSSR count). The summed E-state index contributed by atoms with van der Waals surface area (Å²) in [6.07, 6.45) is 2.25. The number of aromatic nitrogens is 6. The van der Waals surface area contributed by atoms with Crippen LogP contribution in [0.4, 0.5) is 5.95 Å². The largest absolute Gasteiger partial charge is 0.388 e. The number of rotatable bonds is 4. The van der Waals surface area contributed by atoms with Crippen LogP contribution in [0.5, 0.6) is 0 Å². The van der Waals surface area contributed by atoms with Crippen LogP contribution in [0.2, 0.25) is 0 Å². The smallest absolute Gasteiger partial charge is 0.227 e. The molecule has 1 N–H and O–H groups in total. The molecule has 0 spiro atoms. The average molecular weight is 395 g/mol. The van der Waals surface area contributed by atoms with Gasteiger partial charge in [0.05, 0.1) is 19.4 Å². The highest BCUT2D eigenvalue weighted by Gasteiger charge is 2.30. The summed E-state index contributed by atoms with van der Waals surface area (Å²) in [7, 11) is 0. The van der Waals surface area contributed by atoms with Crippen molar-refractivity contribution >= 4 is 5.95 Å². The number of nitrogens with zero attached hydrogens (tertiary/aromatic N) is 7. The van der Waals surface area contributed by atoms with E-state index in [-0.39, 0.29) is 6.04 Å². The molecule has 152 valence electrons. The van der Waals surface area contributed by atoms with Gasteiger partial charge in [0.25, 0.3) is 0 Å². The number of aliphatic hydroxyl groups is 1. The molecule has 2 atom stereocenters. The number of hydrogen-bond donors (Lipinski definition) is 1. The van der Waals surface area contributed by atoms with Gasteiger partial charge in [-0.2, -0.15) is 0 Å². The predicted octanol–water partition coefficient (Wildman–Crippen LogP) is 1.36. The van der Waals surface area contributed by atoms with E-state index in [0.717, 1.165) is 32.0 Å². The predicted molar refractivity (Wildman–Crippen MR) is 107 cm³/mol. The fourth-order valence-electron chi connectivity index (χ4n) is 4.31. The van der Waals surface area contributed by atoms with Crippen LogP contribution in [0.15, 0.2) is 24.4 Å². The minimum atomic E-state index is -0.568. The highest BCUT2D eigenvalue weighted by atomic mass is 16.5. The summed E-state index contributed by atoms with van der Waals surface area (Å²) in [6.45, 7) is 7.49. The molecule has 1 fully saturated rings. The Morgan fingerprint density at radius 1 is 1.21 bits per heavy atom. The molecule has 0 aliphatic carbocycles. The summed E-state index contributed by atoms with van der Waals surface area (Å²) in [4.78, 5) is 2.28. The zero-order valence-corrected chi connectivity index (χ0v) is 16.7. The maximum Gasteiger partial charge on any atom is 0.227 e. The zero-order valence-electron chi connectivity index (χ0n) is 16.7. The summed E-state index contributed by atoms with van der Waals surface area (Å²) in [5.41, 5.74) is 4.81. The van der Waals surface area contributed by atoms with Gasteiger partial charge in [0.15, 0.2) is 11.5 Å². The maximum atomic E-state index is 10.0. The second-order valence-corrected chi connectivity index (χ2v) is 7.71. The number of ether oxygens (including phenoxy) is 1. The van der Waals surface area contributed by atoms with E-state index >= 15 is 0 Å². The van der Waals surface area contributed by atoms with E-state index < -0.39 is 6.10 Å². The molecule has 0 bridgehead atoms. The Balaban J connectivity index is 1.44. The third-order valence-corrected chi connectivity index (χ3v) is 5.93. The van der Waals surface area contributed by atoms with Crippen molar-refractivity contribution in [3.63, 3.8) is 0 Å². The van der Waals surface area contributed by atoms with Gasteiger partial charge in [0.1, 0.15) is 12.1 Å². The van der Waals surface area contributed by atoms with Gasteiger partial charge in [-0.15, -0.1) is 15.3 Å². The fraction of sp³-hybridized carbons (Fsp3) is 0.500. The lowest BCUT2D eigenvalue weighted by molar-refractivity contribution is 0.117. The van der Waals surface area contributed by atoms with Gasteiger partial charge >= 0.3 is 0 Å². The molecule has 3 aromatic rings. The van der Waals surface area contributed by atoms with Gasteiger partial charge in [-0.05, 0) is 37.0 Å². The van der Waals surface area contributed by atoms with Gasteiger partial charge in [0, 0.05) is 19.6 Å². The summed E-state index contributed by atoms with van der Waals surface area (Å²) in [5, 5.41) is 27.4. The summed E-state index contributed by atoms with van der Waals surface area (Å²) in [6, 6.07) is 6.28. The fourth-order valence-corrected chi connectivity index (χ4v) is 4.31. The molecular weight excluding hydrogens is 370 g/mol. The lowest BCUT2D eigenvalue weighted by Crippen LogP contribution is -2.33. The number of aryl methyl sites for hydroxylation is 1. The minimum absolute atomic E-state index is 0.212. The van der Waals surface area contributed by atoms with Crippen LogP contribution >= 0.6 is 0 Å². The molecular formula is C20H25N7O2. The van der Waals surface area contributed by atoms with Gasteiger partial charge in [-0.25, -0.2) is 4.68 Å². The highest BCUT2D eigenvalue weighted by molar-refractivity contribution is 5.52. The van der Waals surface area contributed by atoms with Crippen molar-refractivity contribution in [1.82, 2.24) is 29.8 Å². The molecule has 2 aliphatic heterocycles. The van der Waals surface area contributed by atoms with Crippen molar-refractivity contribution in [2.45, 2.75) is 45.5 Å². The Morgan fingerprint density at radius 2 is 2.10 bits per heavy atom. The average Bonchev–Trinajstić information content (AvgIpc) is 3.46. The molecule has 0 amide bonds. The quantitative estimate of drug-likeness (QED) is 0.713. The topological polar surface area (TPSA) is 94.1 Å². The highest BCUT2D eigenvalue weighted by Crippen LogP contribution is 2.28.